The van der Waals surface area contributed by atoms with Gasteiger partial charge in [-0.1, -0.05) is 28.1 Å². The second-order valence-electron chi connectivity index (χ2n) is 4.47. The zero-order valence-electron chi connectivity index (χ0n) is 9.73. The van der Waals surface area contributed by atoms with Crippen LogP contribution in [0.25, 0.3) is 0 Å². The first-order valence-electron chi connectivity index (χ1n) is 5.84. The standard InChI is InChI=1S/C13H14BrNO3/c14-9-3-1-8(2-4-9)12(16)7-11(13(17)18)15-10-5-6-10/h1-4,10-11,15H,5-7H2,(H,17,18). The molecule has 0 aliphatic heterocycles. The van der Waals surface area contributed by atoms with Crippen LogP contribution in [0, 0.1) is 0 Å². The van der Waals surface area contributed by atoms with Crippen LogP contribution in [0.15, 0.2) is 28.7 Å². The highest BCUT2D eigenvalue weighted by Crippen LogP contribution is 2.20. The number of nitrogens with one attached hydrogen (secondary N) is 1. The summed E-state index contributed by atoms with van der Waals surface area (Å²) in [6.45, 7) is 0. The highest BCUT2D eigenvalue weighted by atomic mass is 79.9. The molecule has 1 fully saturated rings. The molecule has 1 saturated carbocycles. The molecular formula is C13H14BrNO3. The molecule has 1 aromatic carbocycles. The highest BCUT2D eigenvalue weighted by molar-refractivity contribution is 9.10. The van der Waals surface area contributed by atoms with Gasteiger partial charge in [0.15, 0.2) is 5.78 Å². The molecule has 2 N–H and O–H groups in total. The summed E-state index contributed by atoms with van der Waals surface area (Å²) in [5, 5.41) is 12.0. The van der Waals surface area contributed by atoms with Crippen LogP contribution in [0.1, 0.15) is 29.6 Å². The largest absolute Gasteiger partial charge is 0.480 e. The van der Waals surface area contributed by atoms with E-state index < -0.39 is 12.0 Å². The maximum absolute atomic E-state index is 12.0. The maximum Gasteiger partial charge on any atom is 0.321 e. The van der Waals surface area contributed by atoms with Gasteiger partial charge in [0.1, 0.15) is 6.04 Å². The number of carboxylic acid groups (broad SMARTS) is 1. The molecule has 1 unspecified atom stereocenters. The van der Waals surface area contributed by atoms with Crippen LogP contribution < -0.4 is 5.32 Å². The van der Waals surface area contributed by atoms with Crippen molar-refractivity contribution in [3.63, 3.8) is 0 Å². The first kappa shape index (κ1) is 13.2. The minimum Gasteiger partial charge on any atom is -0.480 e. The van der Waals surface area contributed by atoms with Crippen LogP contribution in [-0.2, 0) is 4.79 Å². The van der Waals surface area contributed by atoms with Gasteiger partial charge < -0.3 is 10.4 Å². The van der Waals surface area contributed by atoms with E-state index in [-0.39, 0.29) is 18.2 Å². The number of carbonyl (C=O) groups excluding carboxylic acids is 1. The van der Waals surface area contributed by atoms with E-state index in [4.69, 9.17) is 5.11 Å². The molecule has 0 aromatic heterocycles. The second-order valence-corrected chi connectivity index (χ2v) is 5.38. The van der Waals surface area contributed by atoms with Crippen molar-refractivity contribution in [3.05, 3.63) is 34.3 Å². The Labute approximate surface area is 114 Å². The Morgan fingerprint density at radius 1 is 1.33 bits per heavy atom. The molecule has 96 valence electrons. The van der Waals surface area contributed by atoms with Gasteiger partial charge in [-0.15, -0.1) is 0 Å². The van der Waals surface area contributed by atoms with Crippen LogP contribution in [0.2, 0.25) is 0 Å². The van der Waals surface area contributed by atoms with Gasteiger partial charge in [-0.25, -0.2) is 0 Å². The lowest BCUT2D eigenvalue weighted by Gasteiger charge is -2.13. The molecule has 0 amide bonds. The van der Waals surface area contributed by atoms with Crippen LogP contribution in [0.4, 0.5) is 0 Å². The lowest BCUT2D eigenvalue weighted by molar-refractivity contribution is -0.139. The Morgan fingerprint density at radius 3 is 2.44 bits per heavy atom. The minimum atomic E-state index is -0.965. The van der Waals surface area contributed by atoms with Crippen LogP contribution in [0.3, 0.4) is 0 Å². The Kier molecular flexibility index (Phi) is 4.14. The summed E-state index contributed by atoms with van der Waals surface area (Å²) in [5.74, 6) is -1.12. The number of aliphatic carboxylic acids is 1. The van der Waals surface area contributed by atoms with E-state index in [9.17, 15) is 9.59 Å². The van der Waals surface area contributed by atoms with Gasteiger partial charge in [-0.2, -0.15) is 0 Å². The van der Waals surface area contributed by atoms with Gasteiger partial charge in [-0.05, 0) is 25.0 Å². The molecule has 0 saturated heterocycles. The number of ketones is 1. The van der Waals surface area contributed by atoms with E-state index in [0.717, 1.165) is 17.3 Å². The Bertz CT molecular complexity index is 454. The zero-order chi connectivity index (χ0) is 13.1. The van der Waals surface area contributed by atoms with E-state index in [0.29, 0.717) is 5.56 Å². The average Bonchev–Trinajstić information content (AvgIpc) is 3.12. The SMILES string of the molecule is O=C(CC(NC1CC1)C(=O)O)c1ccc(Br)cc1. The first-order valence-corrected chi connectivity index (χ1v) is 6.63. The number of rotatable bonds is 6. The number of hydrogen-bond donors (Lipinski definition) is 2. The quantitative estimate of drug-likeness (QED) is 0.791. The Balaban J connectivity index is 1.99. The molecule has 0 heterocycles. The fourth-order valence-electron chi connectivity index (χ4n) is 1.69. The summed E-state index contributed by atoms with van der Waals surface area (Å²) in [6.07, 6.45) is 1.99. The third kappa shape index (κ3) is 3.65. The van der Waals surface area contributed by atoms with E-state index in [1.54, 1.807) is 24.3 Å². The highest BCUT2D eigenvalue weighted by Gasteiger charge is 2.29. The average molecular weight is 312 g/mol. The van der Waals surface area contributed by atoms with Crippen molar-refractivity contribution < 1.29 is 14.7 Å². The molecule has 1 aromatic rings. The number of carboxylic acids is 1. The van der Waals surface area contributed by atoms with Gasteiger partial charge in [0.05, 0.1) is 0 Å². The smallest absolute Gasteiger partial charge is 0.321 e. The van der Waals surface area contributed by atoms with E-state index >= 15 is 0 Å². The summed E-state index contributed by atoms with van der Waals surface area (Å²) in [5.41, 5.74) is 0.544. The summed E-state index contributed by atoms with van der Waals surface area (Å²) in [7, 11) is 0. The van der Waals surface area contributed by atoms with Gasteiger partial charge in [0.2, 0.25) is 0 Å². The normalized spacial score (nSPS) is 16.3. The maximum atomic E-state index is 12.0. The molecule has 1 aliphatic rings. The van der Waals surface area contributed by atoms with Crippen molar-refractivity contribution in [2.45, 2.75) is 31.3 Å². The lowest BCUT2D eigenvalue weighted by atomic mass is 10.0. The predicted octanol–water partition coefficient (Wildman–Crippen LogP) is 2.23. The van der Waals surface area contributed by atoms with Crippen molar-refractivity contribution in [2.75, 3.05) is 0 Å². The molecule has 0 spiro atoms. The molecule has 4 nitrogen and oxygen atoms in total. The third-order valence-electron chi connectivity index (χ3n) is 2.87. The number of Topliss-reactive ketones (excluding diaryl/α,β-unsaturated/α-hetero) is 1. The fraction of sp³-hybridized carbons (Fsp3) is 0.385. The zero-order valence-corrected chi connectivity index (χ0v) is 11.3. The van der Waals surface area contributed by atoms with Crippen molar-refractivity contribution in [1.29, 1.82) is 0 Å². The molecule has 0 bridgehead atoms. The minimum absolute atomic E-state index is 0.00648. The summed E-state index contributed by atoms with van der Waals surface area (Å²) in [4.78, 5) is 23.0. The Morgan fingerprint density at radius 2 is 1.94 bits per heavy atom. The van der Waals surface area contributed by atoms with Crippen molar-refractivity contribution in [3.8, 4) is 0 Å². The molecule has 18 heavy (non-hydrogen) atoms. The molecule has 1 aliphatic carbocycles. The van der Waals surface area contributed by atoms with Gasteiger partial charge in [0, 0.05) is 22.5 Å². The summed E-state index contributed by atoms with van der Waals surface area (Å²) >= 11 is 3.29. The molecule has 5 heteroatoms. The van der Waals surface area contributed by atoms with Crippen LogP contribution >= 0.6 is 15.9 Å². The fourth-order valence-corrected chi connectivity index (χ4v) is 1.96. The molecule has 2 rings (SSSR count). The topological polar surface area (TPSA) is 66.4 Å². The summed E-state index contributed by atoms with van der Waals surface area (Å²) < 4.78 is 0.893. The van der Waals surface area contributed by atoms with Crippen LogP contribution in [0.5, 0.6) is 0 Å². The van der Waals surface area contributed by atoms with E-state index in [1.807, 2.05) is 0 Å². The third-order valence-corrected chi connectivity index (χ3v) is 3.40. The van der Waals surface area contributed by atoms with E-state index in [2.05, 4.69) is 21.2 Å². The number of hydrogen-bond acceptors (Lipinski definition) is 3. The monoisotopic (exact) mass is 311 g/mol. The van der Waals surface area contributed by atoms with Crippen molar-refractivity contribution >= 4 is 27.7 Å². The second kappa shape index (κ2) is 5.63. The molecular weight excluding hydrogens is 298 g/mol. The lowest BCUT2D eigenvalue weighted by Crippen LogP contribution is -2.39. The molecule has 1 atom stereocenters. The van der Waals surface area contributed by atoms with Gasteiger partial charge in [-0.3, -0.25) is 9.59 Å². The summed E-state index contributed by atoms with van der Waals surface area (Å²) in [6, 6.07) is 6.43. The predicted molar refractivity (Wildman–Crippen MR) is 70.7 cm³/mol. The van der Waals surface area contributed by atoms with Crippen molar-refractivity contribution in [2.24, 2.45) is 0 Å². The van der Waals surface area contributed by atoms with Crippen LogP contribution in [-0.4, -0.2) is 28.9 Å². The molecule has 0 radical (unpaired) electrons. The number of carbonyl (C=O) groups is 2. The van der Waals surface area contributed by atoms with Crippen molar-refractivity contribution in [1.82, 2.24) is 5.32 Å². The van der Waals surface area contributed by atoms with Gasteiger partial charge in [0.25, 0.3) is 0 Å². The number of halogens is 1. The van der Waals surface area contributed by atoms with Gasteiger partial charge >= 0.3 is 5.97 Å². The Hall–Kier alpha value is -1.20. The van der Waals surface area contributed by atoms with E-state index in [1.165, 1.54) is 0 Å². The number of benzene rings is 1. The first-order chi connectivity index (χ1) is 8.56.